The predicted molar refractivity (Wildman–Crippen MR) is 70.0 cm³/mol. The zero-order valence-electron chi connectivity index (χ0n) is 10.3. The minimum Gasteiger partial charge on any atom is -0.508 e. The molecular weight excluding hydrogens is 251 g/mol. The van der Waals surface area contributed by atoms with Crippen molar-refractivity contribution in [3.63, 3.8) is 0 Å². The average molecular weight is 266 g/mol. The average Bonchev–Trinajstić information content (AvgIpc) is 2.79. The Hall–Kier alpha value is -1.46. The molecule has 0 atom stereocenters. The van der Waals surface area contributed by atoms with Gasteiger partial charge in [-0.3, -0.25) is 0 Å². The fourth-order valence-corrected chi connectivity index (χ4v) is 2.41. The number of phenols is 1. The van der Waals surface area contributed by atoms with Gasteiger partial charge < -0.3 is 10.4 Å². The lowest BCUT2D eigenvalue weighted by Crippen LogP contribution is -2.35. The van der Waals surface area contributed by atoms with E-state index in [0.29, 0.717) is 12.1 Å². The van der Waals surface area contributed by atoms with E-state index < -0.39 is 5.82 Å². The second-order valence-corrected chi connectivity index (χ2v) is 5.53. The van der Waals surface area contributed by atoms with E-state index in [1.807, 2.05) is 19.2 Å². The third-order valence-corrected chi connectivity index (χ3v) is 3.74. The topological polar surface area (TPSA) is 45.1 Å². The van der Waals surface area contributed by atoms with Gasteiger partial charge in [0.25, 0.3) is 0 Å². The summed E-state index contributed by atoms with van der Waals surface area (Å²) in [6, 6.07) is 4.05. The lowest BCUT2D eigenvalue weighted by Gasteiger charge is -2.24. The second kappa shape index (κ2) is 5.04. The molecule has 0 unspecified atom stereocenters. The van der Waals surface area contributed by atoms with Crippen LogP contribution in [0, 0.1) is 5.82 Å². The summed E-state index contributed by atoms with van der Waals surface area (Å²) in [5, 5.41) is 15.5. The van der Waals surface area contributed by atoms with Crippen molar-refractivity contribution in [3.8, 4) is 5.75 Å². The van der Waals surface area contributed by atoms with Gasteiger partial charge in [0.05, 0.1) is 5.54 Å². The van der Waals surface area contributed by atoms with E-state index in [9.17, 15) is 9.50 Å². The highest BCUT2D eigenvalue weighted by Gasteiger charge is 2.22. The lowest BCUT2D eigenvalue weighted by atomic mass is 10.1. The van der Waals surface area contributed by atoms with E-state index >= 15 is 0 Å². The van der Waals surface area contributed by atoms with Crippen LogP contribution in [0.3, 0.4) is 0 Å². The molecule has 0 radical (unpaired) electrons. The van der Waals surface area contributed by atoms with Gasteiger partial charge in [-0.25, -0.2) is 9.37 Å². The molecule has 2 rings (SSSR count). The first kappa shape index (κ1) is 13.0. The third kappa shape index (κ3) is 3.05. The lowest BCUT2D eigenvalue weighted by molar-refractivity contribution is 0.397. The van der Waals surface area contributed by atoms with Crippen LogP contribution in [-0.4, -0.2) is 10.1 Å². The molecule has 0 aliphatic carbocycles. The third-order valence-electron chi connectivity index (χ3n) is 2.64. The maximum absolute atomic E-state index is 13.1. The van der Waals surface area contributed by atoms with Crippen molar-refractivity contribution in [2.45, 2.75) is 25.9 Å². The number of nitrogens with zero attached hydrogens (tertiary/aromatic N) is 1. The summed E-state index contributed by atoms with van der Waals surface area (Å²) in [5.41, 5.74) is 0.424. The van der Waals surface area contributed by atoms with Gasteiger partial charge in [-0.15, -0.1) is 11.3 Å². The number of phenolic OH excluding ortho intramolecular Hbond substituents is 1. The molecule has 0 amide bonds. The number of hydrogen-bond acceptors (Lipinski definition) is 4. The van der Waals surface area contributed by atoms with Crippen LogP contribution in [0.4, 0.5) is 4.39 Å². The Kier molecular flexibility index (Phi) is 3.63. The van der Waals surface area contributed by atoms with Gasteiger partial charge >= 0.3 is 0 Å². The van der Waals surface area contributed by atoms with E-state index in [2.05, 4.69) is 10.3 Å². The highest BCUT2D eigenvalue weighted by Crippen LogP contribution is 2.23. The van der Waals surface area contributed by atoms with Crippen molar-refractivity contribution in [1.29, 1.82) is 0 Å². The van der Waals surface area contributed by atoms with Gasteiger partial charge in [0.15, 0.2) is 0 Å². The summed E-state index contributed by atoms with van der Waals surface area (Å²) in [4.78, 5) is 4.27. The normalized spacial score (nSPS) is 11.7. The maximum atomic E-state index is 13.1. The molecule has 18 heavy (non-hydrogen) atoms. The Morgan fingerprint density at radius 1 is 1.39 bits per heavy atom. The van der Waals surface area contributed by atoms with Gasteiger partial charge in [-0.2, -0.15) is 0 Å². The molecule has 0 spiro atoms. The second-order valence-electron chi connectivity index (χ2n) is 4.63. The standard InChI is InChI=1S/C13H15FN2OS/c1-13(2,12-15-3-4-18-12)16-8-9-5-10(14)7-11(17)6-9/h3-7,16-17H,8H2,1-2H3. The molecule has 0 aliphatic heterocycles. The maximum Gasteiger partial charge on any atom is 0.127 e. The monoisotopic (exact) mass is 266 g/mol. The van der Waals surface area contributed by atoms with Gasteiger partial charge in [-0.1, -0.05) is 0 Å². The zero-order valence-corrected chi connectivity index (χ0v) is 11.1. The minimum atomic E-state index is -0.432. The molecule has 1 aromatic carbocycles. The zero-order chi connectivity index (χ0) is 13.2. The van der Waals surface area contributed by atoms with Crippen molar-refractivity contribution in [1.82, 2.24) is 10.3 Å². The predicted octanol–water partition coefficient (Wildman–Crippen LogP) is 3.01. The van der Waals surface area contributed by atoms with E-state index in [-0.39, 0.29) is 11.3 Å². The van der Waals surface area contributed by atoms with Crippen LogP contribution in [-0.2, 0) is 12.1 Å². The molecule has 0 saturated carbocycles. The number of aromatic hydroxyl groups is 1. The van der Waals surface area contributed by atoms with Crippen LogP contribution < -0.4 is 5.32 Å². The molecule has 5 heteroatoms. The van der Waals surface area contributed by atoms with Crippen molar-refractivity contribution in [2.24, 2.45) is 0 Å². The van der Waals surface area contributed by atoms with Gasteiger partial charge in [-0.05, 0) is 31.5 Å². The van der Waals surface area contributed by atoms with Crippen LogP contribution in [0.5, 0.6) is 5.75 Å². The van der Waals surface area contributed by atoms with Crippen LogP contribution in [0.2, 0.25) is 0 Å². The summed E-state index contributed by atoms with van der Waals surface area (Å²) in [6.07, 6.45) is 1.76. The summed E-state index contributed by atoms with van der Waals surface area (Å²) in [7, 11) is 0. The largest absolute Gasteiger partial charge is 0.508 e. The molecule has 1 heterocycles. The first-order chi connectivity index (χ1) is 8.47. The molecular formula is C13H15FN2OS. The summed E-state index contributed by atoms with van der Waals surface area (Å²) in [6.45, 7) is 4.51. The number of aromatic nitrogens is 1. The van der Waals surface area contributed by atoms with Crippen LogP contribution in [0.25, 0.3) is 0 Å². The Labute approximate surface area is 109 Å². The molecule has 0 fully saturated rings. The molecule has 1 aromatic heterocycles. The van der Waals surface area contributed by atoms with Crippen molar-refractivity contribution >= 4 is 11.3 Å². The number of hydrogen-bond donors (Lipinski definition) is 2. The Balaban J connectivity index is 2.07. The number of halogens is 1. The molecule has 2 aromatic rings. The SMILES string of the molecule is CC(C)(NCc1cc(O)cc(F)c1)c1nccs1. The van der Waals surface area contributed by atoms with E-state index in [4.69, 9.17) is 0 Å². The molecule has 0 bridgehead atoms. The highest BCUT2D eigenvalue weighted by atomic mass is 32.1. The molecule has 96 valence electrons. The summed E-state index contributed by atoms with van der Waals surface area (Å²) in [5.74, 6) is -0.488. The smallest absolute Gasteiger partial charge is 0.127 e. The number of rotatable bonds is 4. The Bertz CT molecular complexity index is 506. The van der Waals surface area contributed by atoms with Gasteiger partial charge in [0.2, 0.25) is 0 Å². The van der Waals surface area contributed by atoms with E-state index in [0.717, 1.165) is 11.1 Å². The van der Waals surface area contributed by atoms with E-state index in [1.54, 1.807) is 23.6 Å². The first-order valence-electron chi connectivity index (χ1n) is 5.61. The number of thiazole rings is 1. The molecule has 0 saturated heterocycles. The van der Waals surface area contributed by atoms with Crippen molar-refractivity contribution < 1.29 is 9.50 Å². The van der Waals surface area contributed by atoms with Crippen LogP contribution in [0.15, 0.2) is 29.8 Å². The Morgan fingerprint density at radius 2 is 2.17 bits per heavy atom. The summed E-state index contributed by atoms with van der Waals surface area (Å²) < 4.78 is 13.1. The number of benzene rings is 1. The molecule has 2 N–H and O–H groups in total. The quantitative estimate of drug-likeness (QED) is 0.894. The fourth-order valence-electron chi connectivity index (χ4n) is 1.67. The first-order valence-corrected chi connectivity index (χ1v) is 6.49. The van der Waals surface area contributed by atoms with Crippen molar-refractivity contribution in [2.75, 3.05) is 0 Å². The van der Waals surface area contributed by atoms with Crippen LogP contribution >= 0.6 is 11.3 Å². The molecule has 0 aliphatic rings. The number of nitrogens with one attached hydrogen (secondary N) is 1. The van der Waals surface area contributed by atoms with Gasteiger partial charge in [0, 0.05) is 24.2 Å². The summed E-state index contributed by atoms with van der Waals surface area (Å²) >= 11 is 1.57. The van der Waals surface area contributed by atoms with Crippen LogP contribution in [0.1, 0.15) is 24.4 Å². The Morgan fingerprint density at radius 3 is 2.78 bits per heavy atom. The van der Waals surface area contributed by atoms with Gasteiger partial charge in [0.1, 0.15) is 16.6 Å². The van der Waals surface area contributed by atoms with E-state index in [1.165, 1.54) is 6.07 Å². The minimum absolute atomic E-state index is 0.0566. The highest BCUT2D eigenvalue weighted by molar-refractivity contribution is 7.09. The van der Waals surface area contributed by atoms with Crippen molar-refractivity contribution in [3.05, 3.63) is 46.2 Å². The fraction of sp³-hybridized carbons (Fsp3) is 0.308. The molecule has 3 nitrogen and oxygen atoms in total.